The molecule has 3 aromatic rings. The Morgan fingerprint density at radius 1 is 1.33 bits per heavy atom. The molecule has 0 aliphatic heterocycles. The molecule has 8 heteroatoms. The number of benzene rings is 1. The number of carbonyl (C=O) groups is 1. The lowest BCUT2D eigenvalue weighted by atomic mass is 10.3. The van der Waals surface area contributed by atoms with Crippen LogP contribution in [0, 0.1) is 0 Å². The van der Waals surface area contributed by atoms with Gasteiger partial charge in [-0.15, -0.1) is 11.3 Å². The third-order valence-electron chi connectivity index (χ3n) is 3.48. The van der Waals surface area contributed by atoms with E-state index in [9.17, 15) is 13.6 Å². The number of imidazole rings is 1. The fourth-order valence-electron chi connectivity index (χ4n) is 2.27. The van der Waals surface area contributed by atoms with Crippen molar-refractivity contribution in [2.75, 3.05) is 12.8 Å². The molecule has 0 aliphatic carbocycles. The Morgan fingerprint density at radius 2 is 2.12 bits per heavy atom. The number of fused-ring (bicyclic) bond motifs is 1. The Kier molecular flexibility index (Phi) is 5.15. The van der Waals surface area contributed by atoms with Crippen molar-refractivity contribution in [3.8, 4) is 0 Å². The second-order valence-electron chi connectivity index (χ2n) is 5.15. The molecule has 0 N–H and O–H groups in total. The number of nitrogens with zero attached hydrogens (tertiary/aromatic N) is 3. The second kappa shape index (κ2) is 7.31. The summed E-state index contributed by atoms with van der Waals surface area (Å²) in [6.07, 6.45) is 0. The van der Waals surface area contributed by atoms with Crippen LogP contribution in [0.25, 0.3) is 11.0 Å². The number of thiophene rings is 1. The van der Waals surface area contributed by atoms with Crippen LogP contribution in [-0.2, 0) is 11.3 Å². The van der Waals surface area contributed by atoms with Gasteiger partial charge in [0, 0.05) is 11.9 Å². The van der Waals surface area contributed by atoms with E-state index in [0.717, 1.165) is 21.2 Å². The number of aromatic nitrogens is 2. The van der Waals surface area contributed by atoms with E-state index in [4.69, 9.17) is 0 Å². The molecule has 2 aromatic heterocycles. The van der Waals surface area contributed by atoms with Crippen molar-refractivity contribution >= 4 is 40.0 Å². The predicted octanol–water partition coefficient (Wildman–Crippen LogP) is 4.24. The Hall–Kier alpha value is -1.93. The molecule has 2 heterocycles. The third-order valence-corrected chi connectivity index (χ3v) is 5.28. The molecule has 0 atom stereocenters. The first-order valence-corrected chi connectivity index (χ1v) is 9.07. The minimum atomic E-state index is -2.70. The van der Waals surface area contributed by atoms with E-state index in [0.29, 0.717) is 17.6 Å². The lowest BCUT2D eigenvalue weighted by Crippen LogP contribution is -2.27. The first-order chi connectivity index (χ1) is 11.6. The minimum Gasteiger partial charge on any atom is -0.340 e. The molecule has 0 saturated carbocycles. The van der Waals surface area contributed by atoms with Gasteiger partial charge in [0.05, 0.1) is 23.3 Å². The Morgan fingerprint density at radius 3 is 2.83 bits per heavy atom. The molecular formula is C16H15F2N3OS2. The Bertz CT molecular complexity index is 833. The minimum absolute atomic E-state index is 0.0674. The van der Waals surface area contributed by atoms with Crippen LogP contribution in [0.2, 0.25) is 0 Å². The van der Waals surface area contributed by atoms with Gasteiger partial charge in [-0.2, -0.15) is 8.78 Å². The molecule has 1 amide bonds. The van der Waals surface area contributed by atoms with E-state index in [2.05, 4.69) is 4.98 Å². The lowest BCUT2D eigenvalue weighted by Gasteiger charge is -2.16. The summed E-state index contributed by atoms with van der Waals surface area (Å²) in [5, 5.41) is 2.11. The molecule has 0 spiro atoms. The van der Waals surface area contributed by atoms with Crippen molar-refractivity contribution in [2.24, 2.45) is 0 Å². The van der Waals surface area contributed by atoms with Crippen LogP contribution in [0.3, 0.4) is 0 Å². The molecule has 4 nitrogen and oxygen atoms in total. The van der Waals surface area contributed by atoms with E-state index in [1.54, 1.807) is 47.5 Å². The van der Waals surface area contributed by atoms with Crippen LogP contribution < -0.4 is 0 Å². The van der Waals surface area contributed by atoms with Gasteiger partial charge in [0.1, 0.15) is 0 Å². The molecule has 0 radical (unpaired) electrons. The molecular weight excluding hydrogens is 352 g/mol. The molecule has 24 heavy (non-hydrogen) atoms. The Balaban J connectivity index is 1.71. The standard InChI is InChI=1S/C16H15F2N3OS2/c1-20(9-11-5-4-8-23-11)14(22)10-24-16-19-12-6-2-3-7-13(12)21(16)15(17)18/h2-8,15H,9-10H2,1H3. The van der Waals surface area contributed by atoms with Crippen LogP contribution in [0.5, 0.6) is 0 Å². The van der Waals surface area contributed by atoms with Gasteiger partial charge >= 0.3 is 6.55 Å². The van der Waals surface area contributed by atoms with Crippen LogP contribution in [0.1, 0.15) is 11.4 Å². The maximum atomic E-state index is 13.3. The van der Waals surface area contributed by atoms with Gasteiger partial charge < -0.3 is 4.90 Å². The summed E-state index contributed by atoms with van der Waals surface area (Å²) in [4.78, 5) is 19.1. The van der Waals surface area contributed by atoms with Gasteiger partial charge in [-0.05, 0) is 23.6 Å². The summed E-state index contributed by atoms with van der Waals surface area (Å²) in [5.74, 6) is -0.0564. The summed E-state index contributed by atoms with van der Waals surface area (Å²) in [6, 6.07) is 10.6. The molecule has 3 rings (SSSR count). The number of rotatable bonds is 6. The smallest absolute Gasteiger partial charge is 0.321 e. The summed E-state index contributed by atoms with van der Waals surface area (Å²) < 4.78 is 27.6. The predicted molar refractivity (Wildman–Crippen MR) is 92.5 cm³/mol. The van der Waals surface area contributed by atoms with E-state index in [1.165, 1.54) is 0 Å². The number of hydrogen-bond acceptors (Lipinski definition) is 4. The lowest BCUT2D eigenvalue weighted by molar-refractivity contribution is -0.127. The molecule has 0 saturated heterocycles. The normalized spacial score (nSPS) is 11.3. The topological polar surface area (TPSA) is 38.1 Å². The van der Waals surface area contributed by atoms with Crippen LogP contribution in [0.4, 0.5) is 8.78 Å². The highest BCUT2D eigenvalue weighted by Crippen LogP contribution is 2.29. The third kappa shape index (κ3) is 3.59. The highest BCUT2D eigenvalue weighted by Gasteiger charge is 2.19. The monoisotopic (exact) mass is 367 g/mol. The molecule has 0 fully saturated rings. The highest BCUT2D eigenvalue weighted by atomic mass is 32.2. The number of hydrogen-bond donors (Lipinski definition) is 0. The molecule has 0 unspecified atom stereocenters. The van der Waals surface area contributed by atoms with Crippen LogP contribution in [-0.4, -0.2) is 33.2 Å². The van der Waals surface area contributed by atoms with Crippen molar-refractivity contribution in [2.45, 2.75) is 18.3 Å². The number of carbonyl (C=O) groups excluding carboxylic acids is 1. The SMILES string of the molecule is CN(Cc1cccs1)C(=O)CSc1nc2ccccc2n1C(F)F. The number of amides is 1. The average Bonchev–Trinajstić information content (AvgIpc) is 3.19. The summed E-state index contributed by atoms with van der Waals surface area (Å²) >= 11 is 2.61. The first kappa shape index (κ1) is 16.9. The van der Waals surface area contributed by atoms with Crippen molar-refractivity contribution in [1.29, 1.82) is 0 Å². The number of alkyl halides is 2. The van der Waals surface area contributed by atoms with Gasteiger partial charge in [0.2, 0.25) is 5.91 Å². The van der Waals surface area contributed by atoms with E-state index in [-0.39, 0.29) is 16.8 Å². The first-order valence-electron chi connectivity index (χ1n) is 7.20. The van der Waals surface area contributed by atoms with E-state index < -0.39 is 6.55 Å². The maximum absolute atomic E-state index is 13.3. The quantitative estimate of drug-likeness (QED) is 0.612. The van der Waals surface area contributed by atoms with Crippen molar-refractivity contribution < 1.29 is 13.6 Å². The summed E-state index contributed by atoms with van der Waals surface area (Å²) in [6.45, 7) is -2.18. The molecule has 1 aromatic carbocycles. The van der Waals surface area contributed by atoms with E-state index >= 15 is 0 Å². The number of thioether (sulfide) groups is 1. The molecule has 126 valence electrons. The fourth-order valence-corrected chi connectivity index (χ4v) is 3.98. The fraction of sp³-hybridized carbons (Fsp3) is 0.250. The van der Waals surface area contributed by atoms with Gasteiger partial charge in [-0.3, -0.25) is 9.36 Å². The number of halogens is 2. The summed E-state index contributed by atoms with van der Waals surface area (Å²) in [5.41, 5.74) is 0.870. The van der Waals surface area contributed by atoms with E-state index in [1.807, 2.05) is 17.5 Å². The van der Waals surface area contributed by atoms with Crippen LogP contribution in [0.15, 0.2) is 46.9 Å². The average molecular weight is 367 g/mol. The molecule has 0 aliphatic rings. The van der Waals surface area contributed by atoms with Crippen molar-refractivity contribution in [3.63, 3.8) is 0 Å². The van der Waals surface area contributed by atoms with Gasteiger partial charge in [-0.1, -0.05) is 30.0 Å². The maximum Gasteiger partial charge on any atom is 0.321 e. The highest BCUT2D eigenvalue weighted by molar-refractivity contribution is 7.99. The largest absolute Gasteiger partial charge is 0.340 e. The zero-order chi connectivity index (χ0) is 17.1. The Labute approximate surface area is 146 Å². The summed E-state index contributed by atoms with van der Waals surface area (Å²) in [7, 11) is 1.71. The number of para-hydroxylation sites is 2. The second-order valence-corrected chi connectivity index (χ2v) is 7.12. The van der Waals surface area contributed by atoms with Crippen molar-refractivity contribution in [3.05, 3.63) is 46.7 Å². The van der Waals surface area contributed by atoms with Crippen molar-refractivity contribution in [1.82, 2.24) is 14.5 Å². The zero-order valence-corrected chi connectivity index (χ0v) is 14.5. The zero-order valence-electron chi connectivity index (χ0n) is 12.9. The van der Waals surface area contributed by atoms with Crippen LogP contribution >= 0.6 is 23.1 Å². The molecule has 0 bridgehead atoms. The van der Waals surface area contributed by atoms with Gasteiger partial charge in [0.25, 0.3) is 0 Å². The van der Waals surface area contributed by atoms with Gasteiger partial charge in [0.15, 0.2) is 5.16 Å². The van der Waals surface area contributed by atoms with Gasteiger partial charge in [-0.25, -0.2) is 4.98 Å².